The molecule has 0 aliphatic carbocycles. The minimum Gasteiger partial charge on any atom is -0.465 e. The lowest BCUT2D eigenvalue weighted by atomic mass is 9.77. The molecule has 9 nitrogen and oxygen atoms in total. The molecule has 0 spiro atoms. The van der Waals surface area contributed by atoms with E-state index < -0.39 is 0 Å². The second-order valence-electron chi connectivity index (χ2n) is 36.0. The molecule has 0 aromatic heterocycles. The van der Waals surface area contributed by atoms with Crippen molar-refractivity contribution in [2.24, 2.45) is 49.7 Å². The molecular weight excluding hydrogens is 1280 g/mol. The molecule has 1 N–H and O–H groups in total. The number of rotatable bonds is 28. The zero-order chi connectivity index (χ0) is 78.6. The molecule has 2 aromatic carbocycles. The van der Waals surface area contributed by atoms with E-state index in [1.807, 2.05) is 175 Å². The molecule has 11 heteroatoms. The van der Waals surface area contributed by atoms with Gasteiger partial charge >= 0.3 is 5.97 Å². The van der Waals surface area contributed by atoms with Gasteiger partial charge in [-0.05, 0) is 137 Å². The van der Waals surface area contributed by atoms with Crippen LogP contribution in [-0.2, 0) is 39.9 Å². The van der Waals surface area contributed by atoms with Crippen molar-refractivity contribution in [2.45, 2.75) is 340 Å². The van der Waals surface area contributed by atoms with E-state index >= 15 is 0 Å². The van der Waals surface area contributed by atoms with Gasteiger partial charge in [0.1, 0.15) is 28.9 Å². The van der Waals surface area contributed by atoms with Gasteiger partial charge in [-0.3, -0.25) is 33.6 Å². The summed E-state index contributed by atoms with van der Waals surface area (Å²) in [7, 11) is 4.00. The first kappa shape index (κ1) is 102. The first-order valence-corrected chi connectivity index (χ1v) is 40.1. The van der Waals surface area contributed by atoms with Crippen LogP contribution in [-0.4, -0.2) is 63.4 Å². The lowest BCUT2D eigenvalue weighted by Crippen LogP contribution is -2.40. The molecule has 0 bridgehead atoms. The van der Waals surface area contributed by atoms with E-state index in [1.165, 1.54) is 24.2 Å². The van der Waals surface area contributed by atoms with Crippen LogP contribution in [0.1, 0.15) is 345 Å². The number of carbonyl (C=O) groups is 7. The molecular formula is C89H153NO8S2. The number of Topliss-reactive ketones (excluding diaryl/α,β-unsaturated/α-hetero) is 5. The molecule has 2 aromatic rings. The van der Waals surface area contributed by atoms with Crippen molar-refractivity contribution in [1.29, 1.82) is 0 Å². The number of hydrogen-bond acceptors (Lipinski definition) is 10. The number of hydrogen-bond donors (Lipinski definition) is 1. The SMILES string of the molecule is CC(C)(C)COC(=O)CCCC[C@]1(C)CCSS1.CC(C)(C)NC(=O)c1ccccc1.CC(C)Cc1ccc(C(C)C(=O)C(C)(C)C)cc1.CC/C=C\CC(=O)C(C)(C)C.CC/C=C\CC(=O)CC(C)(C)C.CC/C=C\CC(C)(C)C(=O)C(C)C.CC/C=C\CC(C)(C)C(=O)CC(C)(C)C. The van der Waals surface area contributed by atoms with Gasteiger partial charge in [-0.1, -0.05) is 313 Å². The number of benzene rings is 2. The fourth-order valence-electron chi connectivity index (χ4n) is 9.52. The van der Waals surface area contributed by atoms with Crippen LogP contribution >= 0.6 is 21.6 Å². The average Bonchev–Trinajstić information content (AvgIpc) is 1.01. The molecule has 0 saturated carbocycles. The Morgan fingerprint density at radius 1 is 0.530 bits per heavy atom. The molecule has 1 aliphatic rings. The molecule has 0 radical (unpaired) electrons. The number of amides is 1. The number of allylic oxidation sites excluding steroid dienone is 8. The van der Waals surface area contributed by atoms with Crippen molar-refractivity contribution in [2.75, 3.05) is 12.4 Å². The monoisotopic (exact) mass is 1430 g/mol. The molecule has 1 saturated heterocycles. The predicted molar refractivity (Wildman–Crippen MR) is 440 cm³/mol. The fourth-order valence-corrected chi connectivity index (χ4v) is 12.8. The number of unbranched alkanes of at least 4 members (excludes halogenated alkanes) is 1. The van der Waals surface area contributed by atoms with E-state index in [2.05, 4.69) is 165 Å². The van der Waals surface area contributed by atoms with Gasteiger partial charge < -0.3 is 10.1 Å². The minimum atomic E-state index is -0.268. The third-order valence-electron chi connectivity index (χ3n) is 15.5. The zero-order valence-corrected chi connectivity index (χ0v) is 72.0. The van der Waals surface area contributed by atoms with Crippen LogP contribution in [0.4, 0.5) is 0 Å². The second kappa shape index (κ2) is 50.7. The highest BCUT2D eigenvalue weighted by atomic mass is 33.1. The van der Waals surface area contributed by atoms with Gasteiger partial charge in [0, 0.05) is 87.2 Å². The van der Waals surface area contributed by atoms with Crippen LogP contribution in [0.25, 0.3) is 0 Å². The van der Waals surface area contributed by atoms with Gasteiger partial charge in [0.05, 0.1) is 6.61 Å². The Balaban J connectivity index is -0.000000542. The number of esters is 1. The smallest absolute Gasteiger partial charge is 0.305 e. The van der Waals surface area contributed by atoms with Crippen molar-refractivity contribution in [3.8, 4) is 0 Å². The fraction of sp³-hybridized carbons (Fsp3) is 0.697. The van der Waals surface area contributed by atoms with Crippen molar-refractivity contribution in [3.63, 3.8) is 0 Å². The largest absolute Gasteiger partial charge is 0.465 e. The topological polar surface area (TPSA) is 141 Å². The van der Waals surface area contributed by atoms with Crippen molar-refractivity contribution < 1.29 is 38.3 Å². The quantitative estimate of drug-likeness (QED) is 0.0379. The third-order valence-corrected chi connectivity index (χ3v) is 18.8. The van der Waals surface area contributed by atoms with Gasteiger partial charge in [0.2, 0.25) is 0 Å². The van der Waals surface area contributed by atoms with Crippen LogP contribution < -0.4 is 5.32 Å². The first-order valence-electron chi connectivity index (χ1n) is 37.7. The first-order chi connectivity index (χ1) is 45.6. The Labute approximate surface area is 624 Å². The van der Waals surface area contributed by atoms with Crippen LogP contribution in [0.2, 0.25) is 0 Å². The summed E-state index contributed by atoms with van der Waals surface area (Å²) in [6.45, 7) is 66.3. The molecule has 100 heavy (non-hydrogen) atoms. The minimum absolute atomic E-state index is 0.0156. The maximum atomic E-state index is 12.2. The van der Waals surface area contributed by atoms with Gasteiger partial charge in [0.25, 0.3) is 5.91 Å². The van der Waals surface area contributed by atoms with E-state index in [4.69, 9.17) is 4.74 Å². The van der Waals surface area contributed by atoms with E-state index in [1.54, 1.807) is 12.1 Å². The molecule has 2 atom stereocenters. The van der Waals surface area contributed by atoms with Crippen LogP contribution in [0, 0.1) is 49.7 Å². The maximum Gasteiger partial charge on any atom is 0.305 e. The van der Waals surface area contributed by atoms with Crippen LogP contribution in [0.5, 0.6) is 0 Å². The normalized spacial score (nSPS) is 14.8. The van der Waals surface area contributed by atoms with Crippen LogP contribution in [0.15, 0.2) is 103 Å². The number of carbonyl (C=O) groups excluding carboxylic acids is 7. The highest BCUT2D eigenvalue weighted by molar-refractivity contribution is 8.77. The van der Waals surface area contributed by atoms with E-state index in [0.29, 0.717) is 83.9 Å². The third kappa shape index (κ3) is 57.8. The van der Waals surface area contributed by atoms with Crippen molar-refractivity contribution in [3.05, 3.63) is 120 Å². The van der Waals surface area contributed by atoms with Crippen LogP contribution in [0.3, 0.4) is 0 Å². The average molecular weight is 1430 g/mol. The summed E-state index contributed by atoms with van der Waals surface area (Å²) in [4.78, 5) is 81.6. The Bertz CT molecular complexity index is 2710. The van der Waals surface area contributed by atoms with E-state index in [0.717, 1.165) is 63.4 Å². The highest BCUT2D eigenvalue weighted by Gasteiger charge is 2.32. The molecule has 1 aliphatic heterocycles. The second-order valence-corrected chi connectivity index (χ2v) is 39.0. The summed E-state index contributed by atoms with van der Waals surface area (Å²) < 4.78 is 5.70. The molecule has 3 rings (SSSR count). The van der Waals surface area contributed by atoms with Crippen molar-refractivity contribution in [1.82, 2.24) is 5.32 Å². The summed E-state index contributed by atoms with van der Waals surface area (Å²) >= 11 is 0. The Morgan fingerprint density at radius 2 is 1.00 bits per heavy atom. The highest BCUT2D eigenvalue weighted by Crippen LogP contribution is 2.49. The van der Waals surface area contributed by atoms with Gasteiger partial charge in [-0.15, -0.1) is 0 Å². The standard InChI is InChI=1S/C17H26O.C14H26O2S2.C14H26O.C12H22O.C11H15NO.C11H20O.C10H18O/c1-12(2)11-14-7-9-15(10-8-14)13(3)16(18)17(4,5)6;1-13(2,3)11-16-12(15)7-5-6-8-14(4)9-10-17-18-14;1-7-8-9-10-14(5,6)12(15)11-13(2,3)4;1-6-7-8-9-12(4,5)11(13)10(2)3;1-11(2,3)12-10(13)9-7-5-4-6-8-9;1-5-6-7-8-10(12)9-11(2,3)4;1-5-6-7-8-9(11)10(2,3)4/h7-10,12-13H,11H2,1-6H3;5-11H2,1-4H3;8-9H,7,10-11H2,1-6H3;7-8,10H,6,9H2,1-5H3;4-8H,1-3H3,(H,12,13);6-7H,5,8-9H2,1-4H3;6-7H,5,8H2,1-4H3/b;;9-8-;8-7-;;2*7-6-/t;14-;;;;;/m.1...../s1. The molecule has 1 amide bonds. The summed E-state index contributed by atoms with van der Waals surface area (Å²) in [6, 6.07) is 17.7. The lowest BCUT2D eigenvalue weighted by molar-refractivity contribution is -0.146. The van der Waals surface area contributed by atoms with Gasteiger partial charge in [-0.25, -0.2) is 0 Å². The molecule has 1 unspecified atom stereocenters. The summed E-state index contributed by atoms with van der Waals surface area (Å²) in [5.74, 6) is 3.69. The van der Waals surface area contributed by atoms with Crippen molar-refractivity contribution >= 4 is 62.4 Å². The number of ether oxygens (including phenoxy) is 1. The Hall–Kier alpha value is -4.61. The van der Waals surface area contributed by atoms with E-state index in [9.17, 15) is 33.6 Å². The number of ketones is 5. The summed E-state index contributed by atoms with van der Waals surface area (Å²) in [5, 5.41) is 2.90. The molecule has 574 valence electrons. The summed E-state index contributed by atoms with van der Waals surface area (Å²) in [6.07, 6.45) is 31.1. The van der Waals surface area contributed by atoms with Gasteiger partial charge in [0.15, 0.2) is 0 Å². The Morgan fingerprint density at radius 3 is 1.40 bits per heavy atom. The molecule has 1 fully saturated rings. The maximum absolute atomic E-state index is 12.2. The predicted octanol–water partition coefficient (Wildman–Crippen LogP) is 25.8. The zero-order valence-electron chi connectivity index (χ0n) is 70.4. The Kier molecular flexibility index (Phi) is 51.6. The molecule has 1 heterocycles. The summed E-state index contributed by atoms with van der Waals surface area (Å²) in [5.41, 5.74) is 2.46. The van der Waals surface area contributed by atoms with Gasteiger partial charge in [-0.2, -0.15) is 0 Å². The van der Waals surface area contributed by atoms with E-state index in [-0.39, 0.29) is 67.2 Å². The number of nitrogens with one attached hydrogen (secondary N) is 1. The lowest BCUT2D eigenvalue weighted by Gasteiger charge is -2.26.